The van der Waals surface area contributed by atoms with Crippen molar-refractivity contribution in [3.05, 3.63) is 64.2 Å². The summed E-state index contributed by atoms with van der Waals surface area (Å²) in [5.74, 6) is 0.722. The van der Waals surface area contributed by atoms with Gasteiger partial charge in [0.05, 0.1) is 19.3 Å². The standard InChI is InChI=1S/C24H31ClN2O2/c1-16(2)20-6-5-7-21(17(3)4)24(20)26-23(28)15-27-12-13-29-22(14-27)18-8-10-19(25)11-9-18/h5-11,16-17,22H,12-15H2,1-4H3,(H,26,28). The van der Waals surface area contributed by atoms with Gasteiger partial charge in [-0.05, 0) is 40.7 Å². The lowest BCUT2D eigenvalue weighted by molar-refractivity contribution is -0.119. The molecule has 5 heteroatoms. The molecule has 1 N–H and O–H groups in total. The molecule has 0 radical (unpaired) electrons. The number of rotatable bonds is 6. The summed E-state index contributed by atoms with van der Waals surface area (Å²) in [6, 6.07) is 14.0. The Bertz CT molecular complexity index is 807. The molecule has 1 atom stereocenters. The number of hydrogen-bond acceptors (Lipinski definition) is 3. The van der Waals surface area contributed by atoms with Crippen LogP contribution >= 0.6 is 11.6 Å². The lowest BCUT2D eigenvalue weighted by Crippen LogP contribution is -2.42. The molecule has 0 spiro atoms. The fourth-order valence-electron chi connectivity index (χ4n) is 3.80. The normalized spacial score (nSPS) is 17.7. The van der Waals surface area contributed by atoms with E-state index in [9.17, 15) is 4.79 Å². The van der Waals surface area contributed by atoms with Crippen molar-refractivity contribution in [3.63, 3.8) is 0 Å². The molecule has 156 valence electrons. The highest BCUT2D eigenvalue weighted by molar-refractivity contribution is 6.30. The van der Waals surface area contributed by atoms with Gasteiger partial charge in [0.1, 0.15) is 0 Å². The van der Waals surface area contributed by atoms with E-state index in [4.69, 9.17) is 16.3 Å². The first kappa shape index (κ1) is 21.8. The SMILES string of the molecule is CC(C)c1cccc(C(C)C)c1NC(=O)CN1CCOC(c2ccc(Cl)cc2)C1. The maximum Gasteiger partial charge on any atom is 0.238 e. The Morgan fingerprint density at radius 1 is 1.10 bits per heavy atom. The van der Waals surface area contributed by atoms with E-state index in [1.165, 1.54) is 11.1 Å². The molecule has 1 amide bonds. The van der Waals surface area contributed by atoms with E-state index in [1.54, 1.807) is 0 Å². The highest BCUT2D eigenvalue weighted by Gasteiger charge is 2.24. The number of benzene rings is 2. The summed E-state index contributed by atoms with van der Waals surface area (Å²) in [4.78, 5) is 15.1. The van der Waals surface area contributed by atoms with E-state index < -0.39 is 0 Å². The minimum atomic E-state index is -0.0389. The van der Waals surface area contributed by atoms with Gasteiger partial charge >= 0.3 is 0 Å². The molecule has 1 saturated heterocycles. The molecule has 0 aromatic heterocycles. The summed E-state index contributed by atoms with van der Waals surface area (Å²) in [5, 5.41) is 3.93. The number of nitrogens with zero attached hydrogens (tertiary/aromatic N) is 1. The molecular weight excluding hydrogens is 384 g/mol. The number of carbonyl (C=O) groups excluding carboxylic acids is 1. The van der Waals surface area contributed by atoms with E-state index in [0.717, 1.165) is 17.8 Å². The van der Waals surface area contributed by atoms with Crippen molar-refractivity contribution in [3.8, 4) is 0 Å². The summed E-state index contributed by atoms with van der Waals surface area (Å²) in [7, 11) is 0. The predicted molar refractivity (Wildman–Crippen MR) is 120 cm³/mol. The fraction of sp³-hybridized carbons (Fsp3) is 0.458. The van der Waals surface area contributed by atoms with Gasteiger partial charge in [-0.15, -0.1) is 0 Å². The third-order valence-electron chi connectivity index (χ3n) is 5.40. The number of carbonyl (C=O) groups is 1. The Morgan fingerprint density at radius 3 is 2.31 bits per heavy atom. The van der Waals surface area contributed by atoms with Crippen LogP contribution in [0.1, 0.15) is 62.3 Å². The summed E-state index contributed by atoms with van der Waals surface area (Å²) in [5.41, 5.74) is 4.44. The van der Waals surface area contributed by atoms with Crippen LogP contribution in [0.5, 0.6) is 0 Å². The van der Waals surface area contributed by atoms with Gasteiger partial charge in [0.25, 0.3) is 0 Å². The number of anilines is 1. The van der Waals surface area contributed by atoms with E-state index in [2.05, 4.69) is 56.1 Å². The number of nitrogens with one attached hydrogen (secondary N) is 1. The van der Waals surface area contributed by atoms with Crippen molar-refractivity contribution in [1.29, 1.82) is 0 Å². The first-order valence-corrected chi connectivity index (χ1v) is 10.7. The number of hydrogen-bond donors (Lipinski definition) is 1. The molecule has 1 aliphatic rings. The minimum Gasteiger partial charge on any atom is -0.371 e. The zero-order chi connectivity index (χ0) is 21.0. The maximum atomic E-state index is 12.9. The van der Waals surface area contributed by atoms with Gasteiger partial charge in [0, 0.05) is 23.8 Å². The highest BCUT2D eigenvalue weighted by atomic mass is 35.5. The predicted octanol–water partition coefficient (Wildman–Crippen LogP) is 5.60. The van der Waals surface area contributed by atoms with Gasteiger partial charge in [-0.25, -0.2) is 0 Å². The Balaban J connectivity index is 1.68. The van der Waals surface area contributed by atoms with Gasteiger partial charge < -0.3 is 10.1 Å². The Labute approximate surface area is 179 Å². The number of halogens is 1. The van der Waals surface area contributed by atoms with Crippen LogP contribution in [0.2, 0.25) is 5.02 Å². The first-order chi connectivity index (χ1) is 13.8. The van der Waals surface area contributed by atoms with E-state index in [1.807, 2.05) is 24.3 Å². The summed E-state index contributed by atoms with van der Waals surface area (Å²) >= 11 is 5.99. The second-order valence-electron chi connectivity index (χ2n) is 8.32. The largest absolute Gasteiger partial charge is 0.371 e. The molecule has 0 saturated carbocycles. The second kappa shape index (κ2) is 9.75. The average molecular weight is 415 g/mol. The first-order valence-electron chi connectivity index (χ1n) is 10.4. The Morgan fingerprint density at radius 2 is 1.72 bits per heavy atom. The Kier molecular flexibility index (Phi) is 7.33. The van der Waals surface area contributed by atoms with Crippen LogP contribution in [0, 0.1) is 0 Å². The van der Waals surface area contributed by atoms with Crippen LogP contribution in [-0.4, -0.2) is 37.0 Å². The number of ether oxygens (including phenoxy) is 1. The zero-order valence-corrected chi connectivity index (χ0v) is 18.5. The number of amides is 1. The van der Waals surface area contributed by atoms with Crippen molar-refractivity contribution in [2.75, 3.05) is 31.6 Å². The molecule has 2 aromatic carbocycles. The van der Waals surface area contributed by atoms with E-state index in [0.29, 0.717) is 36.6 Å². The average Bonchev–Trinajstić information content (AvgIpc) is 2.68. The van der Waals surface area contributed by atoms with Gasteiger partial charge in [0.2, 0.25) is 5.91 Å². The minimum absolute atomic E-state index is 0.0248. The van der Waals surface area contributed by atoms with E-state index in [-0.39, 0.29) is 12.0 Å². The molecule has 4 nitrogen and oxygen atoms in total. The summed E-state index contributed by atoms with van der Waals surface area (Å²) in [6.07, 6.45) is -0.0389. The van der Waals surface area contributed by atoms with Crippen LogP contribution in [0.25, 0.3) is 0 Å². The lowest BCUT2D eigenvalue weighted by atomic mass is 9.92. The lowest BCUT2D eigenvalue weighted by Gasteiger charge is -2.33. The summed E-state index contributed by atoms with van der Waals surface area (Å²) in [6.45, 7) is 11.1. The van der Waals surface area contributed by atoms with Crippen molar-refractivity contribution in [1.82, 2.24) is 4.90 Å². The second-order valence-corrected chi connectivity index (χ2v) is 8.75. The van der Waals surface area contributed by atoms with Crippen LogP contribution in [-0.2, 0) is 9.53 Å². The fourth-order valence-corrected chi connectivity index (χ4v) is 3.93. The molecule has 29 heavy (non-hydrogen) atoms. The van der Waals surface area contributed by atoms with Gasteiger partial charge in [-0.1, -0.05) is 69.6 Å². The third kappa shape index (κ3) is 5.59. The molecular formula is C24H31ClN2O2. The topological polar surface area (TPSA) is 41.6 Å². The van der Waals surface area contributed by atoms with Crippen LogP contribution in [0.3, 0.4) is 0 Å². The highest BCUT2D eigenvalue weighted by Crippen LogP contribution is 2.32. The molecule has 1 fully saturated rings. The van der Waals surface area contributed by atoms with Crippen LogP contribution in [0.15, 0.2) is 42.5 Å². The molecule has 0 bridgehead atoms. The molecule has 1 aliphatic heterocycles. The molecule has 1 heterocycles. The van der Waals surface area contributed by atoms with Crippen molar-refractivity contribution in [2.24, 2.45) is 0 Å². The van der Waals surface area contributed by atoms with Crippen LogP contribution in [0.4, 0.5) is 5.69 Å². The number of para-hydroxylation sites is 1. The van der Waals surface area contributed by atoms with Gasteiger partial charge in [-0.3, -0.25) is 9.69 Å². The Hall–Kier alpha value is -1.88. The molecule has 1 unspecified atom stereocenters. The number of morpholine rings is 1. The zero-order valence-electron chi connectivity index (χ0n) is 17.7. The quantitative estimate of drug-likeness (QED) is 0.668. The smallest absolute Gasteiger partial charge is 0.238 e. The molecule has 3 rings (SSSR count). The van der Waals surface area contributed by atoms with Gasteiger partial charge in [0.15, 0.2) is 0 Å². The van der Waals surface area contributed by atoms with Gasteiger partial charge in [-0.2, -0.15) is 0 Å². The molecule has 2 aromatic rings. The maximum absolute atomic E-state index is 12.9. The summed E-state index contributed by atoms with van der Waals surface area (Å²) < 4.78 is 5.92. The van der Waals surface area contributed by atoms with Crippen molar-refractivity contribution < 1.29 is 9.53 Å². The third-order valence-corrected chi connectivity index (χ3v) is 5.65. The van der Waals surface area contributed by atoms with Crippen molar-refractivity contribution >= 4 is 23.2 Å². The van der Waals surface area contributed by atoms with Crippen LogP contribution < -0.4 is 5.32 Å². The van der Waals surface area contributed by atoms with Crippen molar-refractivity contribution in [2.45, 2.75) is 45.6 Å². The van der Waals surface area contributed by atoms with E-state index >= 15 is 0 Å². The molecule has 0 aliphatic carbocycles. The monoisotopic (exact) mass is 414 g/mol.